The van der Waals surface area contributed by atoms with Gasteiger partial charge >= 0.3 is 0 Å². The molecule has 1 atom stereocenters. The van der Waals surface area contributed by atoms with Gasteiger partial charge in [0, 0.05) is 18.7 Å². The molecule has 150 valence electrons. The predicted octanol–water partition coefficient (Wildman–Crippen LogP) is 2.86. The van der Waals surface area contributed by atoms with Crippen LogP contribution in [0.4, 0.5) is 4.39 Å². The Labute approximate surface area is 168 Å². The summed E-state index contributed by atoms with van der Waals surface area (Å²) in [4.78, 5) is 19.4. The van der Waals surface area contributed by atoms with Crippen LogP contribution >= 0.6 is 0 Å². The van der Waals surface area contributed by atoms with E-state index in [9.17, 15) is 9.18 Å². The molecule has 1 aliphatic heterocycles. The molecule has 3 heterocycles. The molecular weight excluding hydrogens is 371 g/mol. The van der Waals surface area contributed by atoms with Crippen molar-refractivity contribution in [1.82, 2.24) is 30.1 Å². The molecular formula is C21H23FN6O. The summed E-state index contributed by atoms with van der Waals surface area (Å²) >= 11 is 0. The smallest absolute Gasteiger partial charge is 0.225 e. The second-order valence-corrected chi connectivity index (χ2v) is 7.41. The number of carbonyl (C=O) groups is 1. The zero-order valence-electron chi connectivity index (χ0n) is 16.3. The highest BCUT2D eigenvalue weighted by Crippen LogP contribution is 2.32. The number of aromatic nitrogens is 5. The average Bonchev–Trinajstić information content (AvgIpc) is 3.39. The molecule has 29 heavy (non-hydrogen) atoms. The van der Waals surface area contributed by atoms with E-state index in [0.717, 1.165) is 41.9 Å². The van der Waals surface area contributed by atoms with E-state index >= 15 is 0 Å². The van der Waals surface area contributed by atoms with Gasteiger partial charge in [-0.2, -0.15) is 0 Å². The molecule has 1 fully saturated rings. The molecule has 0 radical (unpaired) electrons. The molecule has 1 saturated heterocycles. The molecule has 3 aromatic rings. The largest absolute Gasteiger partial charge is 0.334 e. The molecule has 0 N–H and O–H groups in total. The number of aryl methyl sites for hydroxylation is 2. The first-order valence-corrected chi connectivity index (χ1v) is 9.80. The summed E-state index contributed by atoms with van der Waals surface area (Å²) in [6, 6.07) is 10.7. The van der Waals surface area contributed by atoms with Gasteiger partial charge in [0.25, 0.3) is 0 Å². The van der Waals surface area contributed by atoms with Crippen molar-refractivity contribution in [2.24, 2.45) is 0 Å². The maximum atomic E-state index is 13.2. The molecule has 4 rings (SSSR count). The van der Waals surface area contributed by atoms with Gasteiger partial charge in [-0.25, -0.2) is 9.07 Å². The van der Waals surface area contributed by atoms with Crippen LogP contribution < -0.4 is 0 Å². The standard InChI is InChI=1S/C21H23FN6O/c1-15-11-17(12-16-4-6-18(22)7-5-16)13-19(24-15)20-3-2-9-28(20)21(29)8-10-27-14-23-25-26-27/h4-7,11,13-14,20H,2-3,8-10,12H2,1H3. The van der Waals surface area contributed by atoms with E-state index in [4.69, 9.17) is 4.98 Å². The van der Waals surface area contributed by atoms with Crippen LogP contribution in [-0.4, -0.2) is 42.5 Å². The monoisotopic (exact) mass is 394 g/mol. The summed E-state index contributed by atoms with van der Waals surface area (Å²) in [6.07, 6.45) is 4.44. The SMILES string of the molecule is Cc1cc(Cc2ccc(F)cc2)cc(C2CCCN2C(=O)CCn2cnnn2)n1. The first-order chi connectivity index (χ1) is 14.1. The third-order valence-corrected chi connectivity index (χ3v) is 5.22. The van der Waals surface area contributed by atoms with Crippen LogP contribution in [0.15, 0.2) is 42.7 Å². The van der Waals surface area contributed by atoms with Crippen LogP contribution in [0.25, 0.3) is 0 Å². The minimum absolute atomic E-state index is 0.0109. The molecule has 1 aromatic carbocycles. The Kier molecular flexibility index (Phi) is 5.59. The lowest BCUT2D eigenvalue weighted by atomic mass is 10.0. The lowest BCUT2D eigenvalue weighted by molar-refractivity contribution is -0.132. The van der Waals surface area contributed by atoms with Gasteiger partial charge in [0.2, 0.25) is 5.91 Å². The van der Waals surface area contributed by atoms with Gasteiger partial charge in [0.05, 0.1) is 18.3 Å². The van der Waals surface area contributed by atoms with Crippen molar-refractivity contribution in [3.8, 4) is 0 Å². The van der Waals surface area contributed by atoms with Crippen LogP contribution in [-0.2, 0) is 17.8 Å². The Morgan fingerprint density at radius 1 is 1.21 bits per heavy atom. The molecule has 2 aromatic heterocycles. The van der Waals surface area contributed by atoms with E-state index in [-0.39, 0.29) is 17.8 Å². The fourth-order valence-corrected chi connectivity index (χ4v) is 3.89. The van der Waals surface area contributed by atoms with Crippen LogP contribution in [0.5, 0.6) is 0 Å². The second-order valence-electron chi connectivity index (χ2n) is 7.41. The van der Waals surface area contributed by atoms with E-state index in [2.05, 4.69) is 21.6 Å². The van der Waals surface area contributed by atoms with Gasteiger partial charge in [0.1, 0.15) is 12.1 Å². The molecule has 7 nitrogen and oxygen atoms in total. The van der Waals surface area contributed by atoms with Crippen molar-refractivity contribution in [1.29, 1.82) is 0 Å². The number of likely N-dealkylation sites (tertiary alicyclic amines) is 1. The van der Waals surface area contributed by atoms with E-state index in [0.29, 0.717) is 19.4 Å². The summed E-state index contributed by atoms with van der Waals surface area (Å²) < 4.78 is 14.7. The normalized spacial score (nSPS) is 16.3. The van der Waals surface area contributed by atoms with Crippen molar-refractivity contribution < 1.29 is 9.18 Å². The Morgan fingerprint density at radius 2 is 2.03 bits per heavy atom. The Balaban J connectivity index is 1.49. The quantitative estimate of drug-likeness (QED) is 0.643. The minimum atomic E-state index is -0.234. The highest BCUT2D eigenvalue weighted by molar-refractivity contribution is 5.77. The van der Waals surface area contributed by atoms with Crippen LogP contribution in [0.2, 0.25) is 0 Å². The molecule has 0 saturated carbocycles. The number of carbonyl (C=O) groups excluding carboxylic acids is 1. The topological polar surface area (TPSA) is 76.8 Å². The van der Waals surface area contributed by atoms with E-state index < -0.39 is 0 Å². The first kappa shape index (κ1) is 19.2. The number of rotatable bonds is 6. The molecule has 8 heteroatoms. The maximum Gasteiger partial charge on any atom is 0.225 e. The summed E-state index contributed by atoms with van der Waals surface area (Å²) in [5.74, 6) is -0.145. The van der Waals surface area contributed by atoms with Gasteiger partial charge in [-0.05, 0) is 72.0 Å². The van der Waals surface area contributed by atoms with Gasteiger partial charge in [-0.15, -0.1) is 5.10 Å². The number of pyridine rings is 1. The Morgan fingerprint density at radius 3 is 2.79 bits per heavy atom. The third-order valence-electron chi connectivity index (χ3n) is 5.22. The fourth-order valence-electron chi connectivity index (χ4n) is 3.89. The third kappa shape index (κ3) is 4.64. The molecule has 0 spiro atoms. The number of tetrazole rings is 1. The predicted molar refractivity (Wildman–Crippen MR) is 104 cm³/mol. The van der Waals surface area contributed by atoms with Gasteiger partial charge in [0.15, 0.2) is 0 Å². The van der Waals surface area contributed by atoms with Crippen molar-refractivity contribution in [2.75, 3.05) is 6.54 Å². The number of halogens is 1. The van der Waals surface area contributed by atoms with Crippen LogP contribution in [0.3, 0.4) is 0 Å². The number of nitrogens with zero attached hydrogens (tertiary/aromatic N) is 6. The Bertz CT molecular complexity index is 973. The number of hydrogen-bond donors (Lipinski definition) is 0. The highest BCUT2D eigenvalue weighted by atomic mass is 19.1. The summed E-state index contributed by atoms with van der Waals surface area (Å²) in [5.41, 5.74) is 4.01. The zero-order chi connectivity index (χ0) is 20.2. The molecule has 0 aliphatic carbocycles. The van der Waals surface area contributed by atoms with Crippen LogP contribution in [0.1, 0.15) is 47.8 Å². The number of hydrogen-bond acceptors (Lipinski definition) is 5. The van der Waals surface area contributed by atoms with E-state index in [1.54, 1.807) is 16.8 Å². The van der Waals surface area contributed by atoms with Crippen molar-refractivity contribution in [3.63, 3.8) is 0 Å². The molecule has 1 amide bonds. The Hall–Kier alpha value is -3.16. The summed E-state index contributed by atoms with van der Waals surface area (Å²) in [5, 5.41) is 11.0. The lowest BCUT2D eigenvalue weighted by Crippen LogP contribution is -2.31. The summed E-state index contributed by atoms with van der Waals surface area (Å²) in [6.45, 7) is 3.17. The zero-order valence-corrected chi connectivity index (χ0v) is 16.3. The fraction of sp³-hybridized carbons (Fsp3) is 0.381. The van der Waals surface area contributed by atoms with Gasteiger partial charge in [-0.1, -0.05) is 12.1 Å². The van der Waals surface area contributed by atoms with E-state index in [1.807, 2.05) is 17.9 Å². The molecule has 1 aliphatic rings. The highest BCUT2D eigenvalue weighted by Gasteiger charge is 2.31. The summed E-state index contributed by atoms with van der Waals surface area (Å²) in [7, 11) is 0. The van der Waals surface area contributed by atoms with Crippen LogP contribution in [0, 0.1) is 12.7 Å². The van der Waals surface area contributed by atoms with Crippen molar-refractivity contribution >= 4 is 5.91 Å². The van der Waals surface area contributed by atoms with Gasteiger partial charge in [-0.3, -0.25) is 9.78 Å². The van der Waals surface area contributed by atoms with Gasteiger partial charge < -0.3 is 4.90 Å². The number of amides is 1. The molecule has 1 unspecified atom stereocenters. The van der Waals surface area contributed by atoms with Crippen molar-refractivity contribution in [2.45, 2.75) is 45.2 Å². The van der Waals surface area contributed by atoms with Crippen molar-refractivity contribution in [3.05, 3.63) is 71.1 Å². The molecule has 0 bridgehead atoms. The second kappa shape index (κ2) is 8.46. The minimum Gasteiger partial charge on any atom is -0.334 e. The first-order valence-electron chi connectivity index (χ1n) is 9.80. The maximum absolute atomic E-state index is 13.2. The lowest BCUT2D eigenvalue weighted by Gasteiger charge is -2.25. The average molecular weight is 394 g/mol. The van der Waals surface area contributed by atoms with E-state index in [1.165, 1.54) is 18.5 Å². The number of benzene rings is 1.